The summed E-state index contributed by atoms with van der Waals surface area (Å²) in [6.07, 6.45) is 0.916. The molecular weight excluding hydrogens is 368 g/mol. The fourth-order valence-corrected chi connectivity index (χ4v) is 3.46. The fraction of sp³-hybridized carbons (Fsp3) is 0.174. The highest BCUT2D eigenvalue weighted by molar-refractivity contribution is 5.79. The highest BCUT2D eigenvalue weighted by Gasteiger charge is 2.15. The van der Waals surface area contributed by atoms with Crippen LogP contribution in [0.4, 0.5) is 5.69 Å². The maximum absolute atomic E-state index is 12.2. The molecule has 0 aromatic heterocycles. The van der Waals surface area contributed by atoms with Crippen molar-refractivity contribution in [3.63, 3.8) is 0 Å². The summed E-state index contributed by atoms with van der Waals surface area (Å²) in [7, 11) is 0. The summed E-state index contributed by atoms with van der Waals surface area (Å²) in [5.74, 6) is 0.716. The smallest absolute Gasteiger partial charge is 0.273 e. The van der Waals surface area contributed by atoms with Crippen LogP contribution in [0, 0.1) is 10.1 Å². The van der Waals surface area contributed by atoms with Crippen molar-refractivity contribution in [2.75, 3.05) is 6.61 Å². The number of carbonyl (C=O) groups excluding carboxylic acids is 1. The van der Waals surface area contributed by atoms with Crippen LogP contribution in [0.1, 0.15) is 16.7 Å². The predicted octanol–water partition coefficient (Wildman–Crippen LogP) is 4.06. The highest BCUT2D eigenvalue weighted by atomic mass is 16.6. The molecule has 6 heteroatoms. The second kappa shape index (κ2) is 8.14. The minimum Gasteiger partial charge on any atom is -0.493 e. The number of benzene rings is 3. The van der Waals surface area contributed by atoms with Crippen LogP contribution in [0.5, 0.6) is 5.75 Å². The van der Waals surface area contributed by atoms with Crippen molar-refractivity contribution >= 4 is 11.6 Å². The van der Waals surface area contributed by atoms with E-state index in [0.29, 0.717) is 12.1 Å². The summed E-state index contributed by atoms with van der Waals surface area (Å²) in [6.45, 7) is 1.11. The normalized spacial score (nSPS) is 12.1. The van der Waals surface area contributed by atoms with E-state index in [-0.39, 0.29) is 18.0 Å². The maximum Gasteiger partial charge on any atom is 0.273 e. The minimum absolute atomic E-state index is 0.0214. The van der Waals surface area contributed by atoms with Crippen LogP contribution in [0.3, 0.4) is 0 Å². The standard InChI is InChI=1S/C23H20N2O4/c26-23(14-19-3-1-2-4-21(19)25(27)28)24-15-16-5-7-17(8-6-16)18-9-10-22-20(13-18)11-12-29-22/h1-10,13H,11-12,14-15H2,(H,24,26). The van der Waals surface area contributed by atoms with Crippen LogP contribution >= 0.6 is 0 Å². The van der Waals surface area contributed by atoms with Gasteiger partial charge >= 0.3 is 0 Å². The van der Waals surface area contributed by atoms with Gasteiger partial charge in [-0.15, -0.1) is 0 Å². The van der Waals surface area contributed by atoms with Crippen LogP contribution in [0.25, 0.3) is 11.1 Å². The number of fused-ring (bicyclic) bond motifs is 1. The molecule has 3 aromatic rings. The van der Waals surface area contributed by atoms with Crippen LogP contribution in [-0.4, -0.2) is 17.4 Å². The van der Waals surface area contributed by atoms with Crippen molar-refractivity contribution in [2.45, 2.75) is 19.4 Å². The summed E-state index contributed by atoms with van der Waals surface area (Å²) < 4.78 is 5.55. The Morgan fingerprint density at radius 1 is 1.03 bits per heavy atom. The molecule has 1 aliphatic heterocycles. The van der Waals surface area contributed by atoms with Crippen molar-refractivity contribution in [2.24, 2.45) is 0 Å². The number of nitrogens with zero attached hydrogens (tertiary/aromatic N) is 1. The molecule has 146 valence electrons. The lowest BCUT2D eigenvalue weighted by atomic mass is 10.0. The predicted molar refractivity (Wildman–Crippen MR) is 110 cm³/mol. The van der Waals surface area contributed by atoms with E-state index in [9.17, 15) is 14.9 Å². The number of ether oxygens (including phenoxy) is 1. The van der Waals surface area contributed by atoms with Gasteiger partial charge in [-0.25, -0.2) is 0 Å². The highest BCUT2D eigenvalue weighted by Crippen LogP contribution is 2.30. The topological polar surface area (TPSA) is 81.5 Å². The van der Waals surface area contributed by atoms with Gasteiger partial charge in [0.05, 0.1) is 18.0 Å². The number of hydrogen-bond donors (Lipinski definition) is 1. The number of nitro benzene ring substituents is 1. The first-order chi connectivity index (χ1) is 14.1. The van der Waals surface area contributed by atoms with Gasteiger partial charge < -0.3 is 10.1 Å². The van der Waals surface area contributed by atoms with E-state index >= 15 is 0 Å². The first-order valence-electron chi connectivity index (χ1n) is 9.44. The van der Waals surface area contributed by atoms with E-state index in [4.69, 9.17) is 4.74 Å². The second-order valence-electron chi connectivity index (χ2n) is 6.96. The number of nitrogens with one attached hydrogen (secondary N) is 1. The van der Waals surface area contributed by atoms with Crippen molar-refractivity contribution in [3.8, 4) is 16.9 Å². The summed E-state index contributed by atoms with van der Waals surface area (Å²) in [5.41, 5.74) is 4.82. The number of carbonyl (C=O) groups is 1. The van der Waals surface area contributed by atoms with Gasteiger partial charge in [0.15, 0.2) is 0 Å². The monoisotopic (exact) mass is 388 g/mol. The van der Waals surface area contributed by atoms with Gasteiger partial charge in [0.25, 0.3) is 5.69 Å². The molecule has 0 bridgehead atoms. The summed E-state index contributed by atoms with van der Waals surface area (Å²) >= 11 is 0. The molecule has 4 rings (SSSR count). The molecule has 1 aliphatic rings. The fourth-order valence-electron chi connectivity index (χ4n) is 3.46. The van der Waals surface area contributed by atoms with E-state index in [1.54, 1.807) is 18.2 Å². The lowest BCUT2D eigenvalue weighted by Gasteiger charge is -2.08. The molecule has 3 aromatic carbocycles. The first kappa shape index (κ1) is 18.7. The molecule has 0 radical (unpaired) electrons. The largest absolute Gasteiger partial charge is 0.493 e. The summed E-state index contributed by atoms with van der Waals surface area (Å²) in [5, 5.41) is 13.9. The van der Waals surface area contributed by atoms with Crippen molar-refractivity contribution < 1.29 is 14.5 Å². The zero-order chi connectivity index (χ0) is 20.2. The van der Waals surface area contributed by atoms with Crippen LogP contribution in [-0.2, 0) is 24.2 Å². The number of nitro groups is 1. The molecule has 1 N–H and O–H groups in total. The van der Waals surface area contributed by atoms with Crippen LogP contribution < -0.4 is 10.1 Å². The molecule has 29 heavy (non-hydrogen) atoms. The van der Waals surface area contributed by atoms with Crippen molar-refractivity contribution in [1.82, 2.24) is 5.32 Å². The molecule has 1 amide bonds. The van der Waals surface area contributed by atoms with E-state index < -0.39 is 4.92 Å². The van der Waals surface area contributed by atoms with E-state index in [2.05, 4.69) is 11.4 Å². The molecule has 1 heterocycles. The third-order valence-corrected chi connectivity index (χ3v) is 5.01. The molecule has 0 saturated carbocycles. The average molecular weight is 388 g/mol. The van der Waals surface area contributed by atoms with Crippen molar-refractivity contribution in [3.05, 3.63) is 93.5 Å². The average Bonchev–Trinajstić information content (AvgIpc) is 3.21. The number of hydrogen-bond acceptors (Lipinski definition) is 4. The molecule has 6 nitrogen and oxygen atoms in total. The van der Waals surface area contributed by atoms with E-state index in [0.717, 1.165) is 35.5 Å². The Bertz CT molecular complexity index is 1060. The molecule has 0 saturated heterocycles. The van der Waals surface area contributed by atoms with E-state index in [1.807, 2.05) is 36.4 Å². The molecule has 0 spiro atoms. The Labute approximate surface area is 168 Å². The van der Waals surface area contributed by atoms with Gasteiger partial charge in [-0.05, 0) is 34.4 Å². The molecular formula is C23H20N2O4. The molecule has 0 fully saturated rings. The number of rotatable bonds is 6. The summed E-state index contributed by atoms with van der Waals surface area (Å²) in [4.78, 5) is 22.8. The summed E-state index contributed by atoms with van der Waals surface area (Å²) in [6, 6.07) is 20.5. The lowest BCUT2D eigenvalue weighted by molar-refractivity contribution is -0.385. The Morgan fingerprint density at radius 3 is 2.59 bits per heavy atom. The number of para-hydroxylation sites is 1. The van der Waals surface area contributed by atoms with Gasteiger partial charge in [0, 0.05) is 24.6 Å². The van der Waals surface area contributed by atoms with Gasteiger partial charge in [-0.2, -0.15) is 0 Å². The van der Waals surface area contributed by atoms with Gasteiger partial charge in [0.2, 0.25) is 5.91 Å². The Hall–Kier alpha value is -3.67. The first-order valence-corrected chi connectivity index (χ1v) is 9.44. The van der Waals surface area contributed by atoms with Crippen LogP contribution in [0.2, 0.25) is 0 Å². The Kier molecular flexibility index (Phi) is 5.24. The Morgan fingerprint density at radius 2 is 1.79 bits per heavy atom. The van der Waals surface area contributed by atoms with E-state index in [1.165, 1.54) is 11.6 Å². The van der Waals surface area contributed by atoms with Gasteiger partial charge in [-0.1, -0.05) is 48.5 Å². The zero-order valence-corrected chi connectivity index (χ0v) is 15.8. The lowest BCUT2D eigenvalue weighted by Crippen LogP contribution is -2.24. The molecule has 0 unspecified atom stereocenters. The van der Waals surface area contributed by atoms with Gasteiger partial charge in [0.1, 0.15) is 5.75 Å². The number of amides is 1. The van der Waals surface area contributed by atoms with Crippen LogP contribution in [0.15, 0.2) is 66.7 Å². The SMILES string of the molecule is O=C(Cc1ccccc1[N+](=O)[O-])NCc1ccc(-c2ccc3c(c2)CCO3)cc1. The molecule has 0 aliphatic carbocycles. The third kappa shape index (κ3) is 4.27. The third-order valence-electron chi connectivity index (χ3n) is 5.01. The zero-order valence-electron chi connectivity index (χ0n) is 15.8. The van der Waals surface area contributed by atoms with Gasteiger partial charge in [-0.3, -0.25) is 14.9 Å². The molecule has 0 atom stereocenters. The minimum atomic E-state index is -0.466. The quantitative estimate of drug-likeness (QED) is 0.510. The second-order valence-corrected chi connectivity index (χ2v) is 6.96. The van der Waals surface area contributed by atoms with Crippen molar-refractivity contribution in [1.29, 1.82) is 0 Å². The Balaban J connectivity index is 1.37. The maximum atomic E-state index is 12.2.